The van der Waals surface area contributed by atoms with Gasteiger partial charge in [-0.1, -0.05) is 52.4 Å². The number of likely N-dealkylation sites (tertiary alicyclic amines) is 1. The number of hydrogen-bond donors (Lipinski definition) is 0. The summed E-state index contributed by atoms with van der Waals surface area (Å²) < 4.78 is 5.66. The van der Waals surface area contributed by atoms with Gasteiger partial charge in [0, 0.05) is 12.1 Å². The molecule has 0 bridgehead atoms. The molecule has 136 valence electrons. The zero-order valence-electron chi connectivity index (χ0n) is 16.4. The standard InChI is InChI=1S/C20H39NO2/c1-7-9-10-11-12-14-17(8-2)20(6)15-13-16-21(20)18(22)23-19(3,4)5/h17H,7-16H2,1-6H3. The number of unbranched alkanes of at least 4 members (excludes halogenated alkanes) is 4. The molecule has 1 heterocycles. The van der Waals surface area contributed by atoms with E-state index in [-0.39, 0.29) is 11.6 Å². The number of nitrogens with zero attached hydrogens (tertiary/aromatic N) is 1. The summed E-state index contributed by atoms with van der Waals surface area (Å²) in [5.41, 5.74) is -0.440. The van der Waals surface area contributed by atoms with Crippen LogP contribution in [0.5, 0.6) is 0 Å². The third-order valence-electron chi connectivity index (χ3n) is 5.32. The van der Waals surface area contributed by atoms with Gasteiger partial charge in [0.05, 0.1) is 0 Å². The van der Waals surface area contributed by atoms with Crippen LogP contribution < -0.4 is 0 Å². The van der Waals surface area contributed by atoms with Crippen LogP contribution in [-0.2, 0) is 4.74 Å². The zero-order chi connectivity index (χ0) is 17.5. The van der Waals surface area contributed by atoms with Gasteiger partial charge in [-0.25, -0.2) is 4.79 Å². The Balaban J connectivity index is 2.65. The highest BCUT2D eigenvalue weighted by atomic mass is 16.6. The second-order valence-electron chi connectivity index (χ2n) is 8.40. The van der Waals surface area contributed by atoms with Gasteiger partial charge < -0.3 is 9.64 Å². The van der Waals surface area contributed by atoms with Gasteiger partial charge in [-0.15, -0.1) is 0 Å². The summed E-state index contributed by atoms with van der Waals surface area (Å²) in [5, 5.41) is 0. The maximum atomic E-state index is 12.6. The van der Waals surface area contributed by atoms with Gasteiger partial charge in [-0.05, 0) is 52.9 Å². The van der Waals surface area contributed by atoms with E-state index in [1.165, 1.54) is 38.5 Å². The minimum atomic E-state index is -0.414. The van der Waals surface area contributed by atoms with Gasteiger partial charge in [-0.3, -0.25) is 0 Å². The molecular formula is C20H39NO2. The molecule has 1 fully saturated rings. The van der Waals surface area contributed by atoms with Gasteiger partial charge >= 0.3 is 6.09 Å². The van der Waals surface area contributed by atoms with Crippen molar-refractivity contribution in [2.24, 2.45) is 5.92 Å². The highest BCUT2D eigenvalue weighted by Gasteiger charge is 2.45. The molecule has 0 aromatic carbocycles. The monoisotopic (exact) mass is 325 g/mol. The summed E-state index contributed by atoms with van der Waals surface area (Å²) in [6.45, 7) is 13.5. The van der Waals surface area contributed by atoms with Crippen molar-refractivity contribution < 1.29 is 9.53 Å². The number of rotatable bonds is 8. The van der Waals surface area contributed by atoms with Crippen molar-refractivity contribution in [2.45, 2.75) is 110 Å². The Bertz CT molecular complexity index is 361. The second kappa shape index (κ2) is 8.94. The molecule has 23 heavy (non-hydrogen) atoms. The molecule has 0 aromatic heterocycles. The van der Waals surface area contributed by atoms with Crippen LogP contribution >= 0.6 is 0 Å². The quantitative estimate of drug-likeness (QED) is 0.500. The lowest BCUT2D eigenvalue weighted by Crippen LogP contribution is -2.51. The minimum Gasteiger partial charge on any atom is -0.444 e. The number of carbonyl (C=O) groups is 1. The first-order valence-electron chi connectivity index (χ1n) is 9.75. The molecule has 1 aliphatic rings. The molecule has 0 aromatic rings. The summed E-state index contributed by atoms with van der Waals surface area (Å²) >= 11 is 0. The fraction of sp³-hybridized carbons (Fsp3) is 0.950. The van der Waals surface area contributed by atoms with Gasteiger partial charge in [0.25, 0.3) is 0 Å². The number of carbonyl (C=O) groups excluding carboxylic acids is 1. The van der Waals surface area contributed by atoms with Crippen LogP contribution in [0.2, 0.25) is 0 Å². The van der Waals surface area contributed by atoms with Crippen LogP contribution in [0.25, 0.3) is 0 Å². The van der Waals surface area contributed by atoms with Crippen molar-refractivity contribution in [2.75, 3.05) is 6.54 Å². The van der Waals surface area contributed by atoms with Crippen molar-refractivity contribution in [3.05, 3.63) is 0 Å². The Morgan fingerprint density at radius 1 is 1.17 bits per heavy atom. The predicted molar refractivity (Wildman–Crippen MR) is 97.7 cm³/mol. The molecular weight excluding hydrogens is 286 g/mol. The molecule has 1 amide bonds. The van der Waals surface area contributed by atoms with Crippen LogP contribution in [0.4, 0.5) is 4.79 Å². The molecule has 3 heteroatoms. The van der Waals surface area contributed by atoms with E-state index in [1.54, 1.807) is 0 Å². The third-order valence-corrected chi connectivity index (χ3v) is 5.32. The Kier molecular flexibility index (Phi) is 7.89. The van der Waals surface area contributed by atoms with E-state index in [1.807, 2.05) is 25.7 Å². The van der Waals surface area contributed by atoms with Crippen molar-refractivity contribution in [3.63, 3.8) is 0 Å². The molecule has 0 N–H and O–H groups in total. The highest BCUT2D eigenvalue weighted by molar-refractivity contribution is 5.69. The van der Waals surface area contributed by atoms with Crippen molar-refractivity contribution >= 4 is 6.09 Å². The first-order chi connectivity index (χ1) is 10.7. The van der Waals surface area contributed by atoms with Crippen LogP contribution in [0.3, 0.4) is 0 Å². The summed E-state index contributed by atoms with van der Waals surface area (Å²) in [6, 6.07) is 0. The van der Waals surface area contributed by atoms with Crippen molar-refractivity contribution in [3.8, 4) is 0 Å². The average molecular weight is 326 g/mol. The molecule has 1 aliphatic heterocycles. The average Bonchev–Trinajstić information content (AvgIpc) is 2.84. The van der Waals surface area contributed by atoms with E-state index < -0.39 is 5.60 Å². The largest absolute Gasteiger partial charge is 0.444 e. The summed E-state index contributed by atoms with van der Waals surface area (Å²) in [7, 11) is 0. The maximum Gasteiger partial charge on any atom is 0.410 e. The fourth-order valence-corrected chi connectivity index (χ4v) is 3.98. The van der Waals surface area contributed by atoms with Gasteiger partial charge in [0.1, 0.15) is 5.60 Å². The minimum absolute atomic E-state index is 0.0260. The molecule has 1 rings (SSSR count). The molecule has 3 nitrogen and oxygen atoms in total. The lowest BCUT2D eigenvalue weighted by Gasteiger charge is -2.42. The van der Waals surface area contributed by atoms with Gasteiger partial charge in [0.2, 0.25) is 0 Å². The summed E-state index contributed by atoms with van der Waals surface area (Å²) in [5.74, 6) is 0.583. The zero-order valence-corrected chi connectivity index (χ0v) is 16.4. The maximum absolute atomic E-state index is 12.6. The Morgan fingerprint density at radius 2 is 1.83 bits per heavy atom. The molecule has 2 unspecified atom stereocenters. The smallest absolute Gasteiger partial charge is 0.410 e. The lowest BCUT2D eigenvalue weighted by molar-refractivity contribution is -0.00237. The second-order valence-corrected chi connectivity index (χ2v) is 8.40. The van der Waals surface area contributed by atoms with E-state index in [2.05, 4.69) is 20.8 Å². The molecule has 0 spiro atoms. The molecule has 0 aliphatic carbocycles. The molecule has 1 saturated heterocycles. The summed E-state index contributed by atoms with van der Waals surface area (Å²) in [6.07, 6.45) is 11.1. The van der Waals surface area contributed by atoms with E-state index in [0.29, 0.717) is 5.92 Å². The van der Waals surface area contributed by atoms with E-state index in [4.69, 9.17) is 4.74 Å². The predicted octanol–water partition coefficient (Wildman–Crippen LogP) is 6.16. The first-order valence-corrected chi connectivity index (χ1v) is 9.75. The molecule has 0 saturated carbocycles. The van der Waals surface area contributed by atoms with Gasteiger partial charge in [-0.2, -0.15) is 0 Å². The Labute approximate surface area is 144 Å². The number of amides is 1. The first kappa shape index (κ1) is 20.3. The van der Waals surface area contributed by atoms with Crippen molar-refractivity contribution in [1.29, 1.82) is 0 Å². The fourth-order valence-electron chi connectivity index (χ4n) is 3.98. The van der Waals surface area contributed by atoms with E-state index in [0.717, 1.165) is 25.8 Å². The highest BCUT2D eigenvalue weighted by Crippen LogP contribution is 2.40. The van der Waals surface area contributed by atoms with E-state index >= 15 is 0 Å². The third kappa shape index (κ3) is 6.00. The Hall–Kier alpha value is -0.730. The van der Waals surface area contributed by atoms with Crippen LogP contribution in [-0.4, -0.2) is 28.7 Å². The SMILES string of the molecule is CCCCCCCC(CC)C1(C)CCCN1C(=O)OC(C)(C)C. The molecule has 0 radical (unpaired) electrons. The topological polar surface area (TPSA) is 29.5 Å². The van der Waals surface area contributed by atoms with Crippen LogP contribution in [0.1, 0.15) is 99.3 Å². The van der Waals surface area contributed by atoms with Crippen LogP contribution in [0, 0.1) is 5.92 Å². The van der Waals surface area contributed by atoms with Gasteiger partial charge in [0.15, 0.2) is 0 Å². The Morgan fingerprint density at radius 3 is 2.39 bits per heavy atom. The lowest BCUT2D eigenvalue weighted by atomic mass is 9.78. The molecule has 2 atom stereocenters. The van der Waals surface area contributed by atoms with Crippen LogP contribution in [0.15, 0.2) is 0 Å². The number of ether oxygens (including phenoxy) is 1. The number of hydrogen-bond acceptors (Lipinski definition) is 2. The van der Waals surface area contributed by atoms with Crippen molar-refractivity contribution in [1.82, 2.24) is 4.90 Å². The van der Waals surface area contributed by atoms with E-state index in [9.17, 15) is 4.79 Å². The summed E-state index contributed by atoms with van der Waals surface area (Å²) in [4.78, 5) is 14.6. The normalized spacial score (nSPS) is 23.1.